The van der Waals surface area contributed by atoms with E-state index in [1.807, 2.05) is 6.92 Å². The Morgan fingerprint density at radius 2 is 2.18 bits per heavy atom. The molecule has 2 amide bonds. The molecular weight excluding hydrogens is 220 g/mol. The topological polar surface area (TPSA) is 58.6 Å². The molecule has 0 aromatic rings. The highest BCUT2D eigenvalue weighted by molar-refractivity contribution is 5.76. The fourth-order valence-corrected chi connectivity index (χ4v) is 2.09. The Kier molecular flexibility index (Phi) is 5.80. The number of hydrogen-bond donors (Lipinski definition) is 1. The van der Waals surface area contributed by atoms with E-state index in [0.717, 1.165) is 32.2 Å². The van der Waals surface area contributed by atoms with E-state index >= 15 is 0 Å². The van der Waals surface area contributed by atoms with Crippen LogP contribution in [0, 0.1) is 0 Å². The van der Waals surface area contributed by atoms with E-state index in [9.17, 15) is 9.59 Å². The summed E-state index contributed by atoms with van der Waals surface area (Å²) >= 11 is 0. The summed E-state index contributed by atoms with van der Waals surface area (Å²) < 4.78 is 4.66. The largest absolute Gasteiger partial charge is 0.469 e. The summed E-state index contributed by atoms with van der Waals surface area (Å²) in [4.78, 5) is 25.0. The van der Waals surface area contributed by atoms with E-state index < -0.39 is 0 Å². The zero-order valence-corrected chi connectivity index (χ0v) is 10.7. The van der Waals surface area contributed by atoms with Crippen LogP contribution in [-0.4, -0.2) is 43.1 Å². The lowest BCUT2D eigenvalue weighted by atomic mass is 10.00. The van der Waals surface area contributed by atoms with Gasteiger partial charge in [-0.2, -0.15) is 0 Å². The summed E-state index contributed by atoms with van der Waals surface area (Å²) in [6.07, 6.45) is 4.18. The maximum absolute atomic E-state index is 11.9. The molecule has 1 unspecified atom stereocenters. The van der Waals surface area contributed by atoms with Crippen LogP contribution < -0.4 is 5.32 Å². The predicted octanol–water partition coefficient (Wildman–Crippen LogP) is 1.52. The first-order chi connectivity index (χ1) is 8.19. The van der Waals surface area contributed by atoms with Gasteiger partial charge < -0.3 is 15.0 Å². The van der Waals surface area contributed by atoms with Crippen LogP contribution in [0.4, 0.5) is 4.79 Å². The number of carbonyl (C=O) groups is 2. The molecule has 0 saturated carbocycles. The van der Waals surface area contributed by atoms with Crippen molar-refractivity contribution in [3.8, 4) is 0 Å². The van der Waals surface area contributed by atoms with Crippen LogP contribution in [0.3, 0.4) is 0 Å². The zero-order chi connectivity index (χ0) is 12.7. The van der Waals surface area contributed by atoms with Gasteiger partial charge >= 0.3 is 12.0 Å². The minimum absolute atomic E-state index is 0.00643. The molecule has 0 aromatic carbocycles. The number of methoxy groups -OCH3 is 1. The van der Waals surface area contributed by atoms with Gasteiger partial charge in [0.2, 0.25) is 0 Å². The number of hydrogen-bond acceptors (Lipinski definition) is 3. The molecule has 0 spiro atoms. The molecule has 1 heterocycles. The number of amides is 2. The number of ether oxygens (including phenoxy) is 1. The summed E-state index contributed by atoms with van der Waals surface area (Å²) in [6, 6.07) is -0.0616. The zero-order valence-electron chi connectivity index (χ0n) is 10.7. The highest BCUT2D eigenvalue weighted by Crippen LogP contribution is 2.20. The van der Waals surface area contributed by atoms with Crippen LogP contribution in [0.2, 0.25) is 0 Å². The number of nitrogens with zero attached hydrogens (tertiary/aromatic N) is 1. The number of rotatable bonds is 4. The van der Waals surface area contributed by atoms with Crippen molar-refractivity contribution in [2.45, 2.75) is 45.1 Å². The summed E-state index contributed by atoms with van der Waals surface area (Å²) in [5.74, 6) is -0.245. The second-order valence-electron chi connectivity index (χ2n) is 4.36. The van der Waals surface area contributed by atoms with E-state index in [1.54, 1.807) is 4.90 Å². The van der Waals surface area contributed by atoms with Gasteiger partial charge in [0.05, 0.1) is 13.5 Å². The maximum Gasteiger partial charge on any atom is 0.317 e. The van der Waals surface area contributed by atoms with E-state index in [0.29, 0.717) is 13.0 Å². The fraction of sp³-hybridized carbons (Fsp3) is 0.833. The fourth-order valence-electron chi connectivity index (χ4n) is 2.09. The second-order valence-corrected chi connectivity index (χ2v) is 4.36. The van der Waals surface area contributed by atoms with Gasteiger partial charge in [0.25, 0.3) is 0 Å². The van der Waals surface area contributed by atoms with Gasteiger partial charge in [-0.15, -0.1) is 0 Å². The Hall–Kier alpha value is -1.26. The first-order valence-corrected chi connectivity index (χ1v) is 6.30. The molecule has 98 valence electrons. The minimum Gasteiger partial charge on any atom is -0.469 e. The minimum atomic E-state index is -0.245. The van der Waals surface area contributed by atoms with E-state index in [2.05, 4.69) is 10.1 Å². The average Bonchev–Trinajstić information content (AvgIpc) is 2.36. The molecule has 0 aromatic heterocycles. The van der Waals surface area contributed by atoms with Gasteiger partial charge in [0.15, 0.2) is 0 Å². The number of piperidine rings is 1. The van der Waals surface area contributed by atoms with Gasteiger partial charge in [0, 0.05) is 19.1 Å². The van der Waals surface area contributed by atoms with Crippen molar-refractivity contribution in [1.82, 2.24) is 10.2 Å². The Morgan fingerprint density at radius 3 is 2.82 bits per heavy atom. The van der Waals surface area contributed by atoms with Gasteiger partial charge in [-0.05, 0) is 25.7 Å². The first-order valence-electron chi connectivity index (χ1n) is 6.30. The van der Waals surface area contributed by atoms with Crippen molar-refractivity contribution < 1.29 is 14.3 Å². The molecule has 1 aliphatic heterocycles. The van der Waals surface area contributed by atoms with Gasteiger partial charge in [0.1, 0.15) is 0 Å². The number of esters is 1. The van der Waals surface area contributed by atoms with Crippen LogP contribution in [0.25, 0.3) is 0 Å². The van der Waals surface area contributed by atoms with Crippen molar-refractivity contribution in [1.29, 1.82) is 0 Å². The molecular formula is C12H22N2O3. The summed E-state index contributed by atoms with van der Waals surface area (Å²) in [5.41, 5.74) is 0. The molecule has 0 radical (unpaired) electrons. The second kappa shape index (κ2) is 7.14. The third kappa shape index (κ3) is 4.24. The first kappa shape index (κ1) is 13.8. The summed E-state index contributed by atoms with van der Waals surface area (Å²) in [5, 5.41) is 2.86. The van der Waals surface area contributed by atoms with Crippen molar-refractivity contribution in [3.05, 3.63) is 0 Å². The SMILES string of the molecule is CCCNC(=O)N1CCCCC1CC(=O)OC. The molecule has 1 rings (SSSR count). The molecule has 17 heavy (non-hydrogen) atoms. The molecule has 1 N–H and O–H groups in total. The van der Waals surface area contributed by atoms with E-state index in [1.165, 1.54) is 7.11 Å². The third-order valence-corrected chi connectivity index (χ3v) is 3.04. The summed E-state index contributed by atoms with van der Waals surface area (Å²) in [7, 11) is 1.38. The number of carbonyl (C=O) groups excluding carboxylic acids is 2. The normalized spacial score (nSPS) is 19.9. The van der Waals surface area contributed by atoms with Crippen LogP contribution >= 0.6 is 0 Å². The molecule has 1 atom stereocenters. The maximum atomic E-state index is 11.9. The van der Waals surface area contributed by atoms with E-state index in [4.69, 9.17) is 0 Å². The van der Waals surface area contributed by atoms with Gasteiger partial charge in [-0.3, -0.25) is 4.79 Å². The smallest absolute Gasteiger partial charge is 0.317 e. The van der Waals surface area contributed by atoms with Crippen molar-refractivity contribution >= 4 is 12.0 Å². The van der Waals surface area contributed by atoms with Crippen molar-refractivity contribution in [2.24, 2.45) is 0 Å². The highest BCUT2D eigenvalue weighted by atomic mass is 16.5. The molecule has 5 nitrogen and oxygen atoms in total. The lowest BCUT2D eigenvalue weighted by Gasteiger charge is -2.35. The van der Waals surface area contributed by atoms with Crippen LogP contribution in [0.1, 0.15) is 39.0 Å². The lowest BCUT2D eigenvalue weighted by Crippen LogP contribution is -2.49. The number of nitrogens with one attached hydrogen (secondary N) is 1. The number of likely N-dealkylation sites (tertiary alicyclic amines) is 1. The Labute approximate surface area is 102 Å². The predicted molar refractivity (Wildman–Crippen MR) is 64.7 cm³/mol. The summed E-state index contributed by atoms with van der Waals surface area (Å²) in [6.45, 7) is 3.43. The van der Waals surface area contributed by atoms with E-state index in [-0.39, 0.29) is 18.0 Å². The van der Waals surface area contributed by atoms with Crippen molar-refractivity contribution in [3.63, 3.8) is 0 Å². The standard InChI is InChI=1S/C12H22N2O3/c1-3-7-13-12(16)14-8-5-4-6-10(14)9-11(15)17-2/h10H,3-9H2,1-2H3,(H,13,16). The number of urea groups is 1. The molecule has 1 aliphatic rings. The third-order valence-electron chi connectivity index (χ3n) is 3.04. The molecule has 1 fully saturated rings. The van der Waals surface area contributed by atoms with Crippen LogP contribution in [0.5, 0.6) is 0 Å². The Bertz CT molecular complexity index is 268. The Morgan fingerprint density at radius 1 is 1.41 bits per heavy atom. The Balaban J connectivity index is 2.52. The van der Waals surface area contributed by atoms with Crippen molar-refractivity contribution in [2.75, 3.05) is 20.2 Å². The highest BCUT2D eigenvalue weighted by Gasteiger charge is 2.28. The molecule has 0 aliphatic carbocycles. The molecule has 0 bridgehead atoms. The molecule has 1 saturated heterocycles. The van der Waals surface area contributed by atoms with Gasteiger partial charge in [-0.1, -0.05) is 6.92 Å². The quantitative estimate of drug-likeness (QED) is 0.760. The van der Waals surface area contributed by atoms with Crippen LogP contribution in [-0.2, 0) is 9.53 Å². The van der Waals surface area contributed by atoms with Gasteiger partial charge in [-0.25, -0.2) is 4.79 Å². The monoisotopic (exact) mass is 242 g/mol. The van der Waals surface area contributed by atoms with Crippen LogP contribution in [0.15, 0.2) is 0 Å². The lowest BCUT2D eigenvalue weighted by molar-refractivity contribution is -0.142. The average molecular weight is 242 g/mol. The molecule has 5 heteroatoms.